The summed E-state index contributed by atoms with van der Waals surface area (Å²) in [5.41, 5.74) is 0. The van der Waals surface area contributed by atoms with E-state index in [1.807, 2.05) is 0 Å². The van der Waals surface area contributed by atoms with Gasteiger partial charge >= 0.3 is 0 Å². The van der Waals surface area contributed by atoms with Crippen LogP contribution in [0.25, 0.3) is 0 Å². The second kappa shape index (κ2) is 5.80. The van der Waals surface area contributed by atoms with E-state index in [9.17, 15) is 4.79 Å². The van der Waals surface area contributed by atoms with Crippen molar-refractivity contribution < 1.29 is 4.79 Å². The second-order valence-corrected chi connectivity index (χ2v) is 6.44. The molecule has 0 spiro atoms. The summed E-state index contributed by atoms with van der Waals surface area (Å²) in [6.45, 7) is 7.21. The van der Waals surface area contributed by atoms with E-state index in [-0.39, 0.29) is 5.92 Å². The normalized spacial score (nSPS) is 34.1. The van der Waals surface area contributed by atoms with Crippen LogP contribution >= 0.6 is 0 Å². The SMILES string of the molecule is CC1NCCC1C(=O)N1CCN(C2CCCC2)CC1. The number of hydrogen-bond acceptors (Lipinski definition) is 3. The van der Waals surface area contributed by atoms with Gasteiger partial charge in [0.15, 0.2) is 0 Å². The van der Waals surface area contributed by atoms with Crippen molar-refractivity contribution in [3.05, 3.63) is 0 Å². The molecule has 19 heavy (non-hydrogen) atoms. The van der Waals surface area contributed by atoms with E-state index < -0.39 is 0 Å². The Morgan fingerprint density at radius 1 is 1.05 bits per heavy atom. The van der Waals surface area contributed by atoms with Crippen molar-refractivity contribution in [1.29, 1.82) is 0 Å². The molecule has 3 aliphatic rings. The number of nitrogens with one attached hydrogen (secondary N) is 1. The van der Waals surface area contributed by atoms with Crippen molar-refractivity contribution in [3.8, 4) is 0 Å². The highest BCUT2D eigenvalue weighted by Gasteiger charge is 2.35. The minimum Gasteiger partial charge on any atom is -0.340 e. The third-order valence-electron chi connectivity index (χ3n) is 5.31. The zero-order valence-corrected chi connectivity index (χ0v) is 12.1. The molecule has 1 N–H and O–H groups in total. The molecule has 4 heteroatoms. The maximum Gasteiger partial charge on any atom is 0.227 e. The number of carbonyl (C=O) groups is 1. The van der Waals surface area contributed by atoms with Crippen molar-refractivity contribution in [2.75, 3.05) is 32.7 Å². The van der Waals surface area contributed by atoms with Gasteiger partial charge in [-0.15, -0.1) is 0 Å². The average Bonchev–Trinajstić information content (AvgIpc) is 3.09. The molecule has 2 atom stereocenters. The Hall–Kier alpha value is -0.610. The maximum absolute atomic E-state index is 12.5. The highest BCUT2D eigenvalue weighted by molar-refractivity contribution is 5.80. The summed E-state index contributed by atoms with van der Waals surface area (Å²) < 4.78 is 0. The van der Waals surface area contributed by atoms with E-state index in [0.717, 1.165) is 45.2 Å². The van der Waals surface area contributed by atoms with Crippen molar-refractivity contribution in [2.24, 2.45) is 5.92 Å². The van der Waals surface area contributed by atoms with Crippen LogP contribution in [0.5, 0.6) is 0 Å². The molecule has 1 saturated carbocycles. The van der Waals surface area contributed by atoms with Gasteiger partial charge in [-0.1, -0.05) is 12.8 Å². The third-order valence-corrected chi connectivity index (χ3v) is 5.31. The molecule has 0 aromatic rings. The standard InChI is InChI=1S/C15H27N3O/c1-12-14(6-7-16-12)15(19)18-10-8-17(9-11-18)13-4-2-3-5-13/h12-14,16H,2-11H2,1H3. The van der Waals surface area contributed by atoms with Crippen molar-refractivity contribution >= 4 is 5.91 Å². The summed E-state index contributed by atoms with van der Waals surface area (Å²) in [6.07, 6.45) is 6.56. The zero-order valence-electron chi connectivity index (χ0n) is 12.1. The largest absolute Gasteiger partial charge is 0.340 e. The summed E-state index contributed by atoms with van der Waals surface area (Å²) in [5, 5.41) is 3.39. The van der Waals surface area contributed by atoms with Crippen LogP contribution in [0.1, 0.15) is 39.0 Å². The fourth-order valence-corrected chi connectivity index (χ4v) is 4.01. The lowest BCUT2D eigenvalue weighted by Gasteiger charge is -2.39. The molecule has 2 heterocycles. The first-order valence-electron chi connectivity index (χ1n) is 8.02. The summed E-state index contributed by atoms with van der Waals surface area (Å²) >= 11 is 0. The number of piperazine rings is 1. The van der Waals surface area contributed by atoms with Gasteiger partial charge in [-0.3, -0.25) is 9.69 Å². The Morgan fingerprint density at radius 3 is 2.32 bits per heavy atom. The summed E-state index contributed by atoms with van der Waals surface area (Å²) in [7, 11) is 0. The quantitative estimate of drug-likeness (QED) is 0.811. The zero-order chi connectivity index (χ0) is 13.2. The van der Waals surface area contributed by atoms with Gasteiger partial charge < -0.3 is 10.2 Å². The molecule has 3 fully saturated rings. The lowest BCUT2D eigenvalue weighted by atomic mass is 10.00. The Morgan fingerprint density at radius 2 is 1.74 bits per heavy atom. The van der Waals surface area contributed by atoms with Crippen LogP contribution < -0.4 is 5.32 Å². The molecule has 0 radical (unpaired) electrons. The number of nitrogens with zero attached hydrogens (tertiary/aromatic N) is 2. The Kier molecular flexibility index (Phi) is 4.08. The van der Waals surface area contributed by atoms with E-state index in [0.29, 0.717) is 11.9 Å². The lowest BCUT2D eigenvalue weighted by molar-refractivity contribution is -0.137. The molecular formula is C15H27N3O. The smallest absolute Gasteiger partial charge is 0.227 e. The van der Waals surface area contributed by atoms with Gasteiger partial charge in [0.2, 0.25) is 5.91 Å². The molecule has 0 aromatic heterocycles. The van der Waals surface area contributed by atoms with Gasteiger partial charge in [0.1, 0.15) is 0 Å². The predicted octanol–water partition coefficient (Wildman–Crippen LogP) is 1.07. The molecule has 0 bridgehead atoms. The highest BCUT2D eigenvalue weighted by atomic mass is 16.2. The molecule has 1 aliphatic carbocycles. The van der Waals surface area contributed by atoms with Crippen molar-refractivity contribution in [2.45, 2.75) is 51.1 Å². The van der Waals surface area contributed by atoms with Gasteiger partial charge in [-0.05, 0) is 32.7 Å². The maximum atomic E-state index is 12.5. The fourth-order valence-electron chi connectivity index (χ4n) is 4.01. The molecule has 108 valence electrons. The number of rotatable bonds is 2. The predicted molar refractivity (Wildman–Crippen MR) is 76.0 cm³/mol. The fraction of sp³-hybridized carbons (Fsp3) is 0.933. The molecule has 1 amide bonds. The lowest BCUT2D eigenvalue weighted by Crippen LogP contribution is -2.53. The minimum atomic E-state index is 0.220. The van der Waals surface area contributed by atoms with Gasteiger partial charge in [-0.2, -0.15) is 0 Å². The monoisotopic (exact) mass is 265 g/mol. The average molecular weight is 265 g/mol. The van der Waals surface area contributed by atoms with E-state index in [1.165, 1.54) is 25.7 Å². The first-order valence-corrected chi connectivity index (χ1v) is 8.02. The van der Waals surface area contributed by atoms with Gasteiger partial charge in [0.25, 0.3) is 0 Å². The molecule has 0 aromatic carbocycles. The van der Waals surface area contributed by atoms with Crippen LogP contribution in [-0.4, -0.2) is 60.5 Å². The van der Waals surface area contributed by atoms with E-state index in [4.69, 9.17) is 0 Å². The second-order valence-electron chi connectivity index (χ2n) is 6.44. The van der Waals surface area contributed by atoms with Crippen LogP contribution in [0.2, 0.25) is 0 Å². The molecule has 2 unspecified atom stereocenters. The van der Waals surface area contributed by atoms with Crippen LogP contribution in [0.15, 0.2) is 0 Å². The summed E-state index contributed by atoms with van der Waals surface area (Å²) in [5.74, 6) is 0.613. The molecule has 2 aliphatic heterocycles. The Balaban J connectivity index is 1.50. The summed E-state index contributed by atoms with van der Waals surface area (Å²) in [4.78, 5) is 17.2. The van der Waals surface area contributed by atoms with Crippen LogP contribution in [-0.2, 0) is 4.79 Å². The first-order chi connectivity index (χ1) is 9.25. The molecule has 3 rings (SSSR count). The van der Waals surface area contributed by atoms with Crippen LogP contribution in [0, 0.1) is 5.92 Å². The van der Waals surface area contributed by atoms with Gasteiger partial charge in [0.05, 0.1) is 5.92 Å². The van der Waals surface area contributed by atoms with E-state index in [2.05, 4.69) is 22.0 Å². The Bertz CT molecular complexity index is 319. The number of hydrogen-bond donors (Lipinski definition) is 1. The highest BCUT2D eigenvalue weighted by Crippen LogP contribution is 2.25. The third kappa shape index (κ3) is 2.79. The molecular weight excluding hydrogens is 238 g/mol. The Labute approximate surface area is 116 Å². The topological polar surface area (TPSA) is 35.6 Å². The molecule has 4 nitrogen and oxygen atoms in total. The van der Waals surface area contributed by atoms with Crippen LogP contribution in [0.4, 0.5) is 0 Å². The van der Waals surface area contributed by atoms with E-state index in [1.54, 1.807) is 0 Å². The van der Waals surface area contributed by atoms with Gasteiger partial charge in [-0.25, -0.2) is 0 Å². The van der Waals surface area contributed by atoms with Gasteiger partial charge in [0, 0.05) is 38.3 Å². The number of amides is 1. The number of carbonyl (C=O) groups excluding carboxylic acids is 1. The molecule has 2 saturated heterocycles. The first kappa shape index (κ1) is 13.4. The van der Waals surface area contributed by atoms with Crippen molar-refractivity contribution in [3.63, 3.8) is 0 Å². The minimum absolute atomic E-state index is 0.220. The van der Waals surface area contributed by atoms with Crippen LogP contribution in [0.3, 0.4) is 0 Å². The summed E-state index contributed by atoms with van der Waals surface area (Å²) in [6, 6.07) is 1.17. The van der Waals surface area contributed by atoms with Crippen molar-refractivity contribution in [1.82, 2.24) is 15.1 Å². The van der Waals surface area contributed by atoms with E-state index >= 15 is 0 Å².